The number of aromatic nitrogens is 2. The fourth-order valence-corrected chi connectivity index (χ4v) is 3.14. The van der Waals surface area contributed by atoms with Crippen LogP contribution in [-0.2, 0) is 0 Å². The highest BCUT2D eigenvalue weighted by Crippen LogP contribution is 2.32. The van der Waals surface area contributed by atoms with Crippen LogP contribution in [-0.4, -0.2) is 9.55 Å². The molecule has 0 bridgehead atoms. The molecule has 2 heteroatoms. The van der Waals surface area contributed by atoms with Crippen LogP contribution in [0.2, 0.25) is 0 Å². The molecule has 0 aliphatic carbocycles. The fourth-order valence-electron chi connectivity index (χ4n) is 3.14. The second-order valence-corrected chi connectivity index (χ2v) is 5.92. The summed E-state index contributed by atoms with van der Waals surface area (Å²) < 4.78 is 2.33. The lowest BCUT2D eigenvalue weighted by Gasteiger charge is -2.13. The van der Waals surface area contributed by atoms with Crippen LogP contribution in [0.1, 0.15) is 19.9 Å². The summed E-state index contributed by atoms with van der Waals surface area (Å²) in [5, 5.41) is 2.46. The topological polar surface area (TPSA) is 17.8 Å². The molecule has 0 amide bonds. The maximum atomic E-state index is 5.00. The number of hydrogen-bond acceptors (Lipinski definition) is 1. The Balaban J connectivity index is 2.13. The molecule has 0 radical (unpaired) electrons. The van der Waals surface area contributed by atoms with Gasteiger partial charge in [-0.1, -0.05) is 60.7 Å². The van der Waals surface area contributed by atoms with Gasteiger partial charge in [0.25, 0.3) is 0 Å². The van der Waals surface area contributed by atoms with E-state index in [0.29, 0.717) is 6.04 Å². The minimum Gasteiger partial charge on any atom is -0.321 e. The van der Waals surface area contributed by atoms with Gasteiger partial charge < -0.3 is 4.57 Å². The molecule has 0 spiro atoms. The summed E-state index contributed by atoms with van der Waals surface area (Å²) >= 11 is 0. The molecule has 1 heterocycles. The van der Waals surface area contributed by atoms with Crippen molar-refractivity contribution in [2.45, 2.75) is 19.9 Å². The molecule has 0 N–H and O–H groups in total. The van der Waals surface area contributed by atoms with Gasteiger partial charge in [-0.25, -0.2) is 4.98 Å². The number of rotatable bonds is 2. The molecule has 0 aliphatic heterocycles. The van der Waals surface area contributed by atoms with Crippen molar-refractivity contribution in [3.63, 3.8) is 0 Å². The maximum Gasteiger partial charge on any atom is 0.141 e. The molecule has 0 saturated heterocycles. The van der Waals surface area contributed by atoms with Crippen molar-refractivity contribution >= 4 is 21.8 Å². The van der Waals surface area contributed by atoms with Gasteiger partial charge in [0.05, 0.1) is 11.0 Å². The zero-order valence-electron chi connectivity index (χ0n) is 12.8. The number of hydrogen-bond donors (Lipinski definition) is 0. The van der Waals surface area contributed by atoms with Gasteiger partial charge in [-0.15, -0.1) is 0 Å². The van der Waals surface area contributed by atoms with E-state index < -0.39 is 0 Å². The normalized spacial score (nSPS) is 11.6. The lowest BCUT2D eigenvalue weighted by atomic mass is 10.1. The van der Waals surface area contributed by atoms with Crippen LogP contribution >= 0.6 is 0 Å². The Kier molecular flexibility index (Phi) is 2.97. The molecule has 2 nitrogen and oxygen atoms in total. The lowest BCUT2D eigenvalue weighted by Crippen LogP contribution is -2.02. The largest absolute Gasteiger partial charge is 0.321 e. The summed E-state index contributed by atoms with van der Waals surface area (Å²) in [7, 11) is 0. The molecule has 1 aromatic heterocycles. The van der Waals surface area contributed by atoms with Crippen LogP contribution in [0.15, 0.2) is 66.7 Å². The Bertz CT molecular complexity index is 949. The predicted molar refractivity (Wildman–Crippen MR) is 93.1 cm³/mol. The molecule has 0 atom stereocenters. The number of nitrogens with zero attached hydrogens (tertiary/aromatic N) is 2. The van der Waals surface area contributed by atoms with E-state index in [-0.39, 0.29) is 0 Å². The highest BCUT2D eigenvalue weighted by atomic mass is 15.1. The number of imidazole rings is 1. The summed E-state index contributed by atoms with van der Waals surface area (Å²) in [6, 6.07) is 23.6. The average molecular weight is 286 g/mol. The maximum absolute atomic E-state index is 5.00. The summed E-state index contributed by atoms with van der Waals surface area (Å²) in [6.45, 7) is 4.42. The Morgan fingerprint density at radius 2 is 1.55 bits per heavy atom. The van der Waals surface area contributed by atoms with Crippen LogP contribution in [0.3, 0.4) is 0 Å². The van der Waals surface area contributed by atoms with Gasteiger partial charge in [0.1, 0.15) is 5.82 Å². The van der Waals surface area contributed by atoms with Crippen molar-refractivity contribution in [3.8, 4) is 11.4 Å². The Labute approximate surface area is 130 Å². The van der Waals surface area contributed by atoms with Crippen molar-refractivity contribution in [3.05, 3.63) is 66.7 Å². The van der Waals surface area contributed by atoms with Crippen molar-refractivity contribution in [2.75, 3.05) is 0 Å². The van der Waals surface area contributed by atoms with Crippen LogP contribution in [0.5, 0.6) is 0 Å². The van der Waals surface area contributed by atoms with Crippen LogP contribution < -0.4 is 0 Å². The first-order chi connectivity index (χ1) is 10.8. The second-order valence-electron chi connectivity index (χ2n) is 5.92. The van der Waals surface area contributed by atoms with Crippen LogP contribution in [0.25, 0.3) is 33.2 Å². The van der Waals surface area contributed by atoms with E-state index in [1.807, 2.05) is 6.07 Å². The van der Waals surface area contributed by atoms with E-state index in [4.69, 9.17) is 4.98 Å². The molecule has 4 rings (SSSR count). The predicted octanol–water partition coefficient (Wildman–Crippen LogP) is 5.44. The SMILES string of the molecule is CC(C)n1c(-c2ccccc2)nc2c3ccccc3ccc21. The third kappa shape index (κ3) is 1.92. The van der Waals surface area contributed by atoms with Gasteiger partial charge in [0.2, 0.25) is 0 Å². The molecule has 3 aromatic carbocycles. The molecular weight excluding hydrogens is 268 g/mol. The van der Waals surface area contributed by atoms with Gasteiger partial charge in [0.15, 0.2) is 0 Å². The van der Waals surface area contributed by atoms with Crippen molar-refractivity contribution in [1.82, 2.24) is 9.55 Å². The quantitative estimate of drug-likeness (QED) is 0.480. The standard InChI is InChI=1S/C20H18N2/c1-14(2)22-18-13-12-15-8-6-7-11-17(15)19(18)21-20(22)16-9-4-3-5-10-16/h3-14H,1-2H3. The van der Waals surface area contributed by atoms with Crippen molar-refractivity contribution in [2.24, 2.45) is 0 Å². The number of benzene rings is 3. The second kappa shape index (κ2) is 4.99. The number of fused-ring (bicyclic) bond motifs is 3. The molecule has 0 fully saturated rings. The highest BCUT2D eigenvalue weighted by molar-refractivity contribution is 6.05. The average Bonchev–Trinajstić information content (AvgIpc) is 2.96. The first kappa shape index (κ1) is 13.1. The first-order valence-electron chi connectivity index (χ1n) is 7.71. The third-order valence-corrected chi connectivity index (χ3v) is 4.13. The Morgan fingerprint density at radius 1 is 0.818 bits per heavy atom. The van der Waals surface area contributed by atoms with Gasteiger partial charge in [0, 0.05) is 17.0 Å². The third-order valence-electron chi connectivity index (χ3n) is 4.13. The molecule has 0 saturated carbocycles. The monoisotopic (exact) mass is 286 g/mol. The van der Waals surface area contributed by atoms with Crippen molar-refractivity contribution in [1.29, 1.82) is 0 Å². The van der Waals surface area contributed by atoms with Crippen LogP contribution in [0, 0.1) is 0 Å². The van der Waals surface area contributed by atoms with E-state index in [0.717, 1.165) is 16.9 Å². The molecular formula is C20H18N2. The van der Waals surface area contributed by atoms with Crippen LogP contribution in [0.4, 0.5) is 0 Å². The van der Waals surface area contributed by atoms with E-state index in [1.165, 1.54) is 16.3 Å². The molecule has 0 unspecified atom stereocenters. The Hall–Kier alpha value is -2.61. The van der Waals surface area contributed by atoms with Crippen molar-refractivity contribution < 1.29 is 0 Å². The van der Waals surface area contributed by atoms with Gasteiger partial charge in [-0.05, 0) is 25.3 Å². The van der Waals surface area contributed by atoms with E-state index in [1.54, 1.807) is 0 Å². The van der Waals surface area contributed by atoms with Gasteiger partial charge >= 0.3 is 0 Å². The minimum atomic E-state index is 0.362. The summed E-state index contributed by atoms with van der Waals surface area (Å²) in [4.78, 5) is 5.00. The molecule has 0 aliphatic rings. The van der Waals surface area contributed by atoms with E-state index in [2.05, 4.69) is 79.1 Å². The van der Waals surface area contributed by atoms with E-state index in [9.17, 15) is 0 Å². The molecule has 22 heavy (non-hydrogen) atoms. The zero-order chi connectivity index (χ0) is 15.1. The highest BCUT2D eigenvalue weighted by Gasteiger charge is 2.16. The van der Waals surface area contributed by atoms with Gasteiger partial charge in [-0.3, -0.25) is 0 Å². The fraction of sp³-hybridized carbons (Fsp3) is 0.150. The molecule has 108 valence electrons. The Morgan fingerprint density at radius 3 is 2.32 bits per heavy atom. The summed E-state index contributed by atoms with van der Waals surface area (Å²) in [5.74, 6) is 1.04. The molecule has 4 aromatic rings. The summed E-state index contributed by atoms with van der Waals surface area (Å²) in [6.07, 6.45) is 0. The first-order valence-corrected chi connectivity index (χ1v) is 7.71. The summed E-state index contributed by atoms with van der Waals surface area (Å²) in [5.41, 5.74) is 3.45. The smallest absolute Gasteiger partial charge is 0.141 e. The van der Waals surface area contributed by atoms with Gasteiger partial charge in [-0.2, -0.15) is 0 Å². The van der Waals surface area contributed by atoms with E-state index >= 15 is 0 Å². The zero-order valence-corrected chi connectivity index (χ0v) is 12.8. The lowest BCUT2D eigenvalue weighted by molar-refractivity contribution is 0.624. The minimum absolute atomic E-state index is 0.362.